The predicted octanol–water partition coefficient (Wildman–Crippen LogP) is 4.95. The highest BCUT2D eigenvalue weighted by Crippen LogP contribution is 2.44. The van der Waals surface area contributed by atoms with Crippen molar-refractivity contribution in [2.24, 2.45) is 11.8 Å². The summed E-state index contributed by atoms with van der Waals surface area (Å²) in [5.41, 5.74) is 5.52. The van der Waals surface area contributed by atoms with Crippen LogP contribution in [-0.4, -0.2) is 66.5 Å². The highest BCUT2D eigenvalue weighted by molar-refractivity contribution is 5.82. The van der Waals surface area contributed by atoms with Crippen molar-refractivity contribution in [3.8, 4) is 16.9 Å². The zero-order chi connectivity index (χ0) is 34.2. The highest BCUT2D eigenvalue weighted by Gasteiger charge is 2.45. The zero-order valence-corrected chi connectivity index (χ0v) is 27.1. The number of benzene rings is 3. The summed E-state index contributed by atoms with van der Waals surface area (Å²) < 4.78 is 23.4. The van der Waals surface area contributed by atoms with Crippen LogP contribution in [0.25, 0.3) is 11.1 Å². The number of amides is 1. The van der Waals surface area contributed by atoms with E-state index in [1.165, 1.54) is 6.92 Å². The molecule has 0 bridgehead atoms. The van der Waals surface area contributed by atoms with Crippen LogP contribution >= 0.6 is 0 Å². The molecule has 1 aliphatic carbocycles. The molecular formula is C36H41NO11. The lowest BCUT2D eigenvalue weighted by Crippen LogP contribution is -2.54. The number of fused-ring (bicyclic) bond motifs is 3. The summed E-state index contributed by atoms with van der Waals surface area (Å²) in [4.78, 5) is 42.3. The first-order valence-electron chi connectivity index (χ1n) is 16.0. The van der Waals surface area contributed by atoms with Gasteiger partial charge in [0.15, 0.2) is 6.10 Å². The Labute approximate surface area is 278 Å². The molecule has 3 aromatic rings. The molecule has 1 heterocycles. The quantitative estimate of drug-likeness (QED) is 0.122. The fraction of sp³-hybridized carbons (Fsp3) is 0.417. The smallest absolute Gasteiger partial charge is 0.407 e. The van der Waals surface area contributed by atoms with Crippen LogP contribution in [0.4, 0.5) is 4.79 Å². The first kappa shape index (κ1) is 35.0. The van der Waals surface area contributed by atoms with E-state index in [9.17, 15) is 19.5 Å². The van der Waals surface area contributed by atoms with Crippen LogP contribution in [-0.2, 0) is 46.8 Å². The number of ketones is 1. The number of ether oxygens (including phenoxy) is 4. The molecule has 0 radical (unpaired) electrons. The molecule has 48 heavy (non-hydrogen) atoms. The maximum absolute atomic E-state index is 13.1. The third-order valence-corrected chi connectivity index (χ3v) is 9.05. The lowest BCUT2D eigenvalue weighted by atomic mass is 9.83. The second kappa shape index (κ2) is 16.2. The number of carbonyl (C=O) groups excluding carboxylic acids is 3. The number of rotatable bonds is 14. The SMILES string of the molecule is CC(=O)O[C@H]1[C@H](Oc2ccc(CO)cc2CC(=O)CCNC(=O)OCC2c3ccccc3-c3ccccc32)O[C@H](COOO)[C@@H](C)[C@@H]1C. The van der Waals surface area contributed by atoms with E-state index < -0.39 is 30.6 Å². The second-order valence-electron chi connectivity index (χ2n) is 12.1. The molecule has 3 aromatic carbocycles. The molecular weight excluding hydrogens is 622 g/mol. The zero-order valence-electron chi connectivity index (χ0n) is 27.1. The lowest BCUT2D eigenvalue weighted by molar-refractivity contribution is -0.497. The van der Waals surface area contributed by atoms with Gasteiger partial charge in [0, 0.05) is 43.7 Å². The van der Waals surface area contributed by atoms with E-state index in [4.69, 9.17) is 29.1 Å². The van der Waals surface area contributed by atoms with Crippen molar-refractivity contribution in [2.75, 3.05) is 19.8 Å². The summed E-state index contributed by atoms with van der Waals surface area (Å²) in [5, 5.41) is 24.8. The molecule has 256 valence electrons. The first-order valence-corrected chi connectivity index (χ1v) is 16.0. The van der Waals surface area contributed by atoms with Gasteiger partial charge in [-0.3, -0.25) is 9.59 Å². The maximum Gasteiger partial charge on any atom is 0.407 e. The van der Waals surface area contributed by atoms with Gasteiger partial charge in [0.2, 0.25) is 6.29 Å². The minimum atomic E-state index is -1.07. The highest BCUT2D eigenvalue weighted by atomic mass is 17.5. The van der Waals surface area contributed by atoms with Gasteiger partial charge in [-0.15, -0.1) is 0 Å². The van der Waals surface area contributed by atoms with E-state index in [1.54, 1.807) is 18.2 Å². The molecule has 2 aliphatic rings. The Hall–Kier alpha value is -4.33. The number of hydrogen-bond acceptors (Lipinski definition) is 11. The summed E-state index contributed by atoms with van der Waals surface area (Å²) in [6.07, 6.45) is -3.08. The van der Waals surface area contributed by atoms with Gasteiger partial charge in [-0.25, -0.2) is 14.9 Å². The number of alkyl carbamates (subject to hydrolysis) is 1. The maximum atomic E-state index is 13.1. The molecule has 3 N–H and O–H groups in total. The number of nitrogens with one attached hydrogen (secondary N) is 1. The van der Waals surface area contributed by atoms with E-state index >= 15 is 0 Å². The standard InChI is InChI=1S/C36H41NO11/c1-21-22(2)34(45-23(3)39)35(47-33(21)20-44-48-42)46-32-13-12-24(18-38)16-25(32)17-26(40)14-15-37-36(41)43-19-31-29-10-6-4-8-27(29)28-9-5-7-11-30(28)31/h4-13,16,21-22,31,33-35,38,42H,14-15,17-20H2,1-3H3,(H,37,41)/t21-,22-,33+,34+,35+/m0/s1. The average molecular weight is 664 g/mol. The number of esters is 1. The molecule has 12 heteroatoms. The van der Waals surface area contributed by atoms with Gasteiger partial charge in [0.05, 0.1) is 12.7 Å². The van der Waals surface area contributed by atoms with Gasteiger partial charge < -0.3 is 29.4 Å². The molecule has 0 aromatic heterocycles. The van der Waals surface area contributed by atoms with Crippen LogP contribution in [0.5, 0.6) is 5.75 Å². The summed E-state index contributed by atoms with van der Waals surface area (Å²) in [6, 6.07) is 21.1. The molecule has 0 unspecified atom stereocenters. The van der Waals surface area contributed by atoms with E-state index in [0.717, 1.165) is 22.3 Å². The average Bonchev–Trinajstić information content (AvgIpc) is 3.40. The van der Waals surface area contributed by atoms with Gasteiger partial charge in [-0.2, -0.15) is 0 Å². The lowest BCUT2D eigenvalue weighted by Gasteiger charge is -2.43. The minimum absolute atomic E-state index is 0.0259. The van der Waals surface area contributed by atoms with Gasteiger partial charge in [0.1, 0.15) is 24.7 Å². The monoisotopic (exact) mass is 663 g/mol. The Balaban J connectivity index is 1.18. The Kier molecular flexibility index (Phi) is 11.8. The summed E-state index contributed by atoms with van der Waals surface area (Å²) >= 11 is 0. The van der Waals surface area contributed by atoms with Gasteiger partial charge in [-0.1, -0.05) is 73.5 Å². The van der Waals surface area contributed by atoms with Crippen LogP contribution < -0.4 is 10.1 Å². The van der Waals surface area contributed by atoms with Crippen molar-refractivity contribution < 1.29 is 53.6 Å². The molecule has 1 fully saturated rings. The number of Topliss-reactive ketones (excluding diaryl/α,β-unsaturated/α-hetero) is 1. The van der Waals surface area contributed by atoms with Crippen molar-refractivity contribution in [3.05, 3.63) is 89.0 Å². The van der Waals surface area contributed by atoms with Crippen LogP contribution in [0.3, 0.4) is 0 Å². The first-order chi connectivity index (χ1) is 23.2. The molecule has 5 rings (SSSR count). The van der Waals surface area contributed by atoms with Crippen LogP contribution in [0.1, 0.15) is 55.4 Å². The van der Waals surface area contributed by atoms with E-state index in [-0.39, 0.29) is 62.7 Å². The predicted molar refractivity (Wildman–Crippen MR) is 172 cm³/mol. The van der Waals surface area contributed by atoms with Gasteiger partial charge >= 0.3 is 12.1 Å². The normalized spacial score (nSPS) is 21.6. The Morgan fingerprint density at radius 1 is 0.917 bits per heavy atom. The van der Waals surface area contributed by atoms with Crippen molar-refractivity contribution in [1.29, 1.82) is 0 Å². The largest absolute Gasteiger partial charge is 0.461 e. The number of carbonyl (C=O) groups is 3. The van der Waals surface area contributed by atoms with E-state index in [2.05, 4.69) is 22.5 Å². The van der Waals surface area contributed by atoms with E-state index in [0.29, 0.717) is 16.9 Å². The van der Waals surface area contributed by atoms with E-state index in [1.807, 2.05) is 50.2 Å². The van der Waals surface area contributed by atoms with Crippen LogP contribution in [0.15, 0.2) is 66.7 Å². The van der Waals surface area contributed by atoms with Crippen LogP contribution in [0.2, 0.25) is 0 Å². The molecule has 5 atom stereocenters. The van der Waals surface area contributed by atoms with Gasteiger partial charge in [-0.05, 0) is 45.9 Å². The van der Waals surface area contributed by atoms with Crippen LogP contribution in [0, 0.1) is 11.8 Å². The molecule has 0 spiro atoms. The van der Waals surface area contributed by atoms with Crippen molar-refractivity contribution in [2.45, 2.75) is 64.6 Å². The number of hydrogen-bond donors (Lipinski definition) is 3. The summed E-state index contributed by atoms with van der Waals surface area (Å²) in [7, 11) is 0. The number of aliphatic hydroxyl groups is 1. The molecule has 1 saturated heterocycles. The Bertz CT molecular complexity index is 1550. The molecule has 1 aliphatic heterocycles. The van der Waals surface area contributed by atoms with Crippen molar-refractivity contribution in [1.82, 2.24) is 5.32 Å². The second-order valence-corrected chi connectivity index (χ2v) is 12.1. The van der Waals surface area contributed by atoms with Crippen molar-refractivity contribution >= 4 is 17.8 Å². The fourth-order valence-electron chi connectivity index (χ4n) is 6.36. The third kappa shape index (κ3) is 8.20. The molecule has 12 nitrogen and oxygen atoms in total. The third-order valence-electron chi connectivity index (χ3n) is 9.05. The molecule has 0 saturated carbocycles. The minimum Gasteiger partial charge on any atom is -0.461 e. The molecule has 1 amide bonds. The fourth-order valence-corrected chi connectivity index (χ4v) is 6.36. The van der Waals surface area contributed by atoms with Crippen molar-refractivity contribution in [3.63, 3.8) is 0 Å². The Morgan fingerprint density at radius 2 is 1.60 bits per heavy atom. The number of aliphatic hydroxyl groups excluding tert-OH is 1. The summed E-state index contributed by atoms with van der Waals surface area (Å²) in [5.74, 6) is -0.876. The summed E-state index contributed by atoms with van der Waals surface area (Å²) in [6.45, 7) is 4.93. The topological polar surface area (TPSA) is 159 Å². The van der Waals surface area contributed by atoms with Gasteiger partial charge in [0.25, 0.3) is 0 Å². The Morgan fingerprint density at radius 3 is 2.25 bits per heavy atom.